The molecule has 0 aromatic heterocycles. The van der Waals surface area contributed by atoms with Crippen LogP contribution < -0.4 is 4.90 Å². The molecule has 0 aliphatic rings. The largest absolute Gasteiger partial charge is 0.396 e. The number of benzene rings is 1. The van der Waals surface area contributed by atoms with Gasteiger partial charge in [-0.1, -0.05) is 44.4 Å². The highest BCUT2D eigenvalue weighted by Gasteiger charge is 2.14. The molecular formula is C16H25NO2. The van der Waals surface area contributed by atoms with Crippen molar-refractivity contribution < 1.29 is 9.90 Å². The third kappa shape index (κ3) is 5.88. The zero-order valence-electron chi connectivity index (χ0n) is 11.8. The summed E-state index contributed by atoms with van der Waals surface area (Å²) in [7, 11) is 0. The van der Waals surface area contributed by atoms with Gasteiger partial charge in [-0.3, -0.25) is 4.79 Å². The molecule has 1 aromatic rings. The van der Waals surface area contributed by atoms with Crippen LogP contribution in [0.5, 0.6) is 0 Å². The highest BCUT2D eigenvalue weighted by Crippen LogP contribution is 2.16. The van der Waals surface area contributed by atoms with Crippen molar-refractivity contribution in [3.8, 4) is 0 Å². The van der Waals surface area contributed by atoms with Crippen LogP contribution in [0, 0.1) is 0 Å². The van der Waals surface area contributed by atoms with Gasteiger partial charge >= 0.3 is 0 Å². The molecule has 3 nitrogen and oxygen atoms in total. The molecule has 0 radical (unpaired) electrons. The van der Waals surface area contributed by atoms with Gasteiger partial charge in [0.05, 0.1) is 0 Å². The lowest BCUT2D eigenvalue weighted by molar-refractivity contribution is -0.118. The number of para-hydroxylation sites is 1. The van der Waals surface area contributed by atoms with Crippen LogP contribution in [-0.2, 0) is 4.79 Å². The van der Waals surface area contributed by atoms with Crippen LogP contribution in [0.15, 0.2) is 30.3 Å². The summed E-state index contributed by atoms with van der Waals surface area (Å²) in [6, 6.07) is 9.71. The second kappa shape index (κ2) is 9.56. The Morgan fingerprint density at radius 3 is 2.47 bits per heavy atom. The molecule has 0 aliphatic heterocycles. The van der Waals surface area contributed by atoms with E-state index in [0.717, 1.165) is 18.5 Å². The van der Waals surface area contributed by atoms with Crippen molar-refractivity contribution in [1.29, 1.82) is 0 Å². The van der Waals surface area contributed by atoms with Gasteiger partial charge < -0.3 is 10.0 Å². The van der Waals surface area contributed by atoms with E-state index in [-0.39, 0.29) is 12.5 Å². The monoisotopic (exact) mass is 263 g/mol. The summed E-state index contributed by atoms with van der Waals surface area (Å²) in [5.74, 6) is 0.163. The topological polar surface area (TPSA) is 40.5 Å². The maximum Gasteiger partial charge on any atom is 0.226 e. The zero-order valence-corrected chi connectivity index (χ0v) is 11.8. The summed E-state index contributed by atoms with van der Waals surface area (Å²) in [6.45, 7) is 2.87. The number of aliphatic hydroxyl groups excluding tert-OH is 1. The molecule has 0 unspecified atom stereocenters. The molecule has 1 aromatic carbocycles. The Morgan fingerprint density at radius 2 is 1.84 bits per heavy atom. The van der Waals surface area contributed by atoms with E-state index in [1.54, 1.807) is 4.90 Å². The smallest absolute Gasteiger partial charge is 0.226 e. The number of unbranched alkanes of at least 4 members (excludes halogenated alkanes) is 3. The Hall–Kier alpha value is -1.35. The van der Waals surface area contributed by atoms with Crippen LogP contribution in [0.2, 0.25) is 0 Å². The van der Waals surface area contributed by atoms with Crippen molar-refractivity contribution in [3.05, 3.63) is 30.3 Å². The first-order chi connectivity index (χ1) is 9.29. The fraction of sp³-hybridized carbons (Fsp3) is 0.562. The van der Waals surface area contributed by atoms with Gasteiger partial charge in [0, 0.05) is 25.3 Å². The summed E-state index contributed by atoms with van der Waals surface area (Å²) in [6.07, 6.45) is 5.66. The second-order valence-electron chi connectivity index (χ2n) is 4.77. The fourth-order valence-electron chi connectivity index (χ4n) is 2.07. The minimum absolute atomic E-state index is 0.118. The van der Waals surface area contributed by atoms with E-state index in [1.807, 2.05) is 30.3 Å². The normalized spacial score (nSPS) is 10.4. The standard InChI is InChI=1S/C16H25NO2/c1-2-3-4-8-12-16(19)17(13-9-14-18)15-10-6-5-7-11-15/h5-7,10-11,18H,2-4,8-9,12-14H2,1H3. The van der Waals surface area contributed by atoms with Crippen LogP contribution in [0.4, 0.5) is 5.69 Å². The molecule has 0 fully saturated rings. The molecule has 1 N–H and O–H groups in total. The highest BCUT2D eigenvalue weighted by molar-refractivity contribution is 5.93. The van der Waals surface area contributed by atoms with E-state index in [0.29, 0.717) is 19.4 Å². The van der Waals surface area contributed by atoms with Crippen molar-refractivity contribution in [3.63, 3.8) is 0 Å². The number of anilines is 1. The Bertz CT molecular complexity index is 351. The van der Waals surface area contributed by atoms with E-state index in [9.17, 15) is 4.79 Å². The number of amides is 1. The molecule has 0 aliphatic carbocycles. The maximum atomic E-state index is 12.3. The predicted molar refractivity (Wildman–Crippen MR) is 79.3 cm³/mol. The van der Waals surface area contributed by atoms with Crippen molar-refractivity contribution in [1.82, 2.24) is 0 Å². The SMILES string of the molecule is CCCCCCC(=O)N(CCCO)c1ccccc1. The van der Waals surface area contributed by atoms with E-state index < -0.39 is 0 Å². The Labute approximate surface area is 116 Å². The quantitative estimate of drug-likeness (QED) is 0.694. The number of rotatable bonds is 9. The van der Waals surface area contributed by atoms with E-state index >= 15 is 0 Å². The molecule has 0 spiro atoms. The molecular weight excluding hydrogens is 238 g/mol. The van der Waals surface area contributed by atoms with Gasteiger partial charge in [0.2, 0.25) is 5.91 Å². The number of aliphatic hydroxyl groups is 1. The highest BCUT2D eigenvalue weighted by atomic mass is 16.3. The van der Waals surface area contributed by atoms with E-state index in [1.165, 1.54) is 12.8 Å². The summed E-state index contributed by atoms with van der Waals surface area (Å²) in [5, 5.41) is 8.95. The van der Waals surface area contributed by atoms with Crippen LogP contribution >= 0.6 is 0 Å². The average Bonchev–Trinajstić information content (AvgIpc) is 2.45. The van der Waals surface area contributed by atoms with Crippen LogP contribution in [0.1, 0.15) is 45.4 Å². The third-order valence-electron chi connectivity index (χ3n) is 3.15. The number of hydrogen-bond donors (Lipinski definition) is 1. The first kappa shape index (κ1) is 15.7. The van der Waals surface area contributed by atoms with Gasteiger partial charge in [0.15, 0.2) is 0 Å². The summed E-state index contributed by atoms with van der Waals surface area (Å²) >= 11 is 0. The minimum atomic E-state index is 0.118. The molecule has 0 saturated heterocycles. The van der Waals surface area contributed by atoms with E-state index in [2.05, 4.69) is 6.92 Å². The molecule has 0 bridgehead atoms. The average molecular weight is 263 g/mol. The van der Waals surface area contributed by atoms with Crippen molar-refractivity contribution in [2.75, 3.05) is 18.1 Å². The molecule has 0 saturated carbocycles. The second-order valence-corrected chi connectivity index (χ2v) is 4.77. The molecule has 0 atom stereocenters. The van der Waals surface area contributed by atoms with Gasteiger partial charge in [-0.25, -0.2) is 0 Å². The Morgan fingerprint density at radius 1 is 1.11 bits per heavy atom. The van der Waals surface area contributed by atoms with Crippen LogP contribution in [0.3, 0.4) is 0 Å². The molecule has 19 heavy (non-hydrogen) atoms. The maximum absolute atomic E-state index is 12.3. The molecule has 106 valence electrons. The van der Waals surface area contributed by atoms with Crippen LogP contribution in [-0.4, -0.2) is 24.2 Å². The van der Waals surface area contributed by atoms with E-state index in [4.69, 9.17) is 5.11 Å². The third-order valence-corrected chi connectivity index (χ3v) is 3.15. The van der Waals surface area contributed by atoms with Gasteiger partial charge in [-0.2, -0.15) is 0 Å². The number of carbonyl (C=O) groups excluding carboxylic acids is 1. The van der Waals surface area contributed by atoms with Gasteiger partial charge in [-0.15, -0.1) is 0 Å². The molecule has 3 heteroatoms. The van der Waals surface area contributed by atoms with Crippen molar-refractivity contribution in [2.24, 2.45) is 0 Å². The van der Waals surface area contributed by atoms with Crippen LogP contribution in [0.25, 0.3) is 0 Å². The lowest BCUT2D eigenvalue weighted by atomic mass is 10.1. The fourth-order valence-corrected chi connectivity index (χ4v) is 2.07. The lowest BCUT2D eigenvalue weighted by Gasteiger charge is -2.22. The Balaban J connectivity index is 2.55. The first-order valence-corrected chi connectivity index (χ1v) is 7.26. The van der Waals surface area contributed by atoms with Gasteiger partial charge in [0.25, 0.3) is 0 Å². The molecule has 1 rings (SSSR count). The molecule has 0 heterocycles. The predicted octanol–water partition coefficient (Wildman–Crippen LogP) is 3.37. The number of hydrogen-bond acceptors (Lipinski definition) is 2. The zero-order chi connectivity index (χ0) is 13.9. The number of carbonyl (C=O) groups is 1. The summed E-state index contributed by atoms with van der Waals surface area (Å²) in [4.78, 5) is 14.1. The Kier molecular flexibility index (Phi) is 7.91. The lowest BCUT2D eigenvalue weighted by Crippen LogP contribution is -2.32. The van der Waals surface area contributed by atoms with Crippen molar-refractivity contribution >= 4 is 11.6 Å². The number of nitrogens with zero attached hydrogens (tertiary/aromatic N) is 1. The molecule has 1 amide bonds. The minimum Gasteiger partial charge on any atom is -0.396 e. The van der Waals surface area contributed by atoms with Gasteiger partial charge in [-0.05, 0) is 25.0 Å². The van der Waals surface area contributed by atoms with Crippen molar-refractivity contribution in [2.45, 2.75) is 45.4 Å². The first-order valence-electron chi connectivity index (χ1n) is 7.26. The summed E-state index contributed by atoms with van der Waals surface area (Å²) < 4.78 is 0. The van der Waals surface area contributed by atoms with Gasteiger partial charge in [0.1, 0.15) is 0 Å². The summed E-state index contributed by atoms with van der Waals surface area (Å²) in [5.41, 5.74) is 0.927.